The Morgan fingerprint density at radius 1 is 1.26 bits per heavy atom. The molecule has 4 rings (SSSR count). The molecule has 2 aromatic carbocycles. The fourth-order valence-electron chi connectivity index (χ4n) is 3.07. The summed E-state index contributed by atoms with van der Waals surface area (Å²) in [5.74, 6) is 0.608. The quantitative estimate of drug-likeness (QED) is 0.734. The summed E-state index contributed by atoms with van der Waals surface area (Å²) in [4.78, 5) is 6.71. The molecular formula is C17H16BrClN2OS. The Hall–Kier alpha value is -1.01. The highest BCUT2D eigenvalue weighted by Crippen LogP contribution is 2.48. The van der Waals surface area contributed by atoms with Gasteiger partial charge in [-0.1, -0.05) is 53.7 Å². The van der Waals surface area contributed by atoms with Gasteiger partial charge in [0.15, 0.2) is 5.17 Å². The van der Waals surface area contributed by atoms with Crippen LogP contribution in [0.3, 0.4) is 0 Å². The third kappa shape index (κ3) is 2.80. The number of hydrogen-bond donors (Lipinski definition) is 1. The fraction of sp³-hybridized carbons (Fsp3) is 0.235. The zero-order valence-corrected chi connectivity index (χ0v) is 15.7. The van der Waals surface area contributed by atoms with Crippen molar-refractivity contribution in [3.63, 3.8) is 0 Å². The number of halogens is 2. The number of amidine groups is 1. The molecule has 23 heavy (non-hydrogen) atoms. The molecule has 2 aliphatic heterocycles. The van der Waals surface area contributed by atoms with Gasteiger partial charge in [-0.2, -0.15) is 0 Å². The first-order valence-electron chi connectivity index (χ1n) is 7.14. The number of hydrogen-bond acceptors (Lipinski definition) is 4. The number of benzene rings is 2. The first-order valence-corrected chi connectivity index (χ1v) is 8.50. The Labute approximate surface area is 155 Å². The lowest BCUT2D eigenvalue weighted by molar-refractivity contribution is -0.0392. The van der Waals surface area contributed by atoms with Crippen LogP contribution < -0.4 is 0 Å². The van der Waals surface area contributed by atoms with Gasteiger partial charge in [0.05, 0.1) is 11.7 Å². The molecule has 2 heterocycles. The van der Waals surface area contributed by atoms with Crippen LogP contribution in [0.4, 0.5) is 5.69 Å². The average Bonchev–Trinajstić information content (AvgIpc) is 2.81. The molecule has 3 nitrogen and oxygen atoms in total. The van der Waals surface area contributed by atoms with E-state index < -0.39 is 5.72 Å². The molecule has 2 aromatic rings. The SMILES string of the molecule is Br.CC1(O)CSC2=Nc3ccc(Cl)cc3C(c3ccccc3)N21. The summed E-state index contributed by atoms with van der Waals surface area (Å²) in [7, 11) is 0. The molecule has 2 atom stereocenters. The summed E-state index contributed by atoms with van der Waals surface area (Å²) >= 11 is 7.80. The van der Waals surface area contributed by atoms with Crippen LogP contribution in [0.5, 0.6) is 0 Å². The third-order valence-corrected chi connectivity index (χ3v) is 5.55. The van der Waals surface area contributed by atoms with Crippen LogP contribution in [0.15, 0.2) is 53.5 Å². The molecule has 1 saturated heterocycles. The van der Waals surface area contributed by atoms with E-state index >= 15 is 0 Å². The van der Waals surface area contributed by atoms with Crippen molar-refractivity contribution in [1.29, 1.82) is 0 Å². The molecule has 1 N–H and O–H groups in total. The summed E-state index contributed by atoms with van der Waals surface area (Å²) in [5, 5.41) is 12.4. The van der Waals surface area contributed by atoms with Crippen LogP contribution in [0.2, 0.25) is 5.02 Å². The van der Waals surface area contributed by atoms with Gasteiger partial charge < -0.3 is 10.0 Å². The lowest BCUT2D eigenvalue weighted by atomic mass is 9.93. The molecule has 0 aliphatic carbocycles. The van der Waals surface area contributed by atoms with E-state index in [2.05, 4.69) is 12.1 Å². The summed E-state index contributed by atoms with van der Waals surface area (Å²) in [6.07, 6.45) is 0. The predicted molar refractivity (Wildman–Crippen MR) is 102 cm³/mol. The molecule has 0 bridgehead atoms. The highest BCUT2D eigenvalue weighted by Gasteiger charge is 2.46. The van der Waals surface area contributed by atoms with Gasteiger partial charge in [-0.3, -0.25) is 0 Å². The van der Waals surface area contributed by atoms with Gasteiger partial charge in [-0.25, -0.2) is 4.99 Å². The smallest absolute Gasteiger partial charge is 0.167 e. The molecule has 6 heteroatoms. The van der Waals surface area contributed by atoms with Gasteiger partial charge in [0.25, 0.3) is 0 Å². The topological polar surface area (TPSA) is 35.8 Å². The van der Waals surface area contributed by atoms with Crippen molar-refractivity contribution in [2.45, 2.75) is 18.7 Å². The Balaban J connectivity index is 0.00000156. The number of aliphatic imine (C=N–C) groups is 1. The summed E-state index contributed by atoms with van der Waals surface area (Å²) in [5.41, 5.74) is 2.16. The van der Waals surface area contributed by atoms with E-state index in [4.69, 9.17) is 16.6 Å². The molecule has 1 fully saturated rings. The second-order valence-corrected chi connectivity index (χ2v) is 7.17. The minimum absolute atomic E-state index is 0. The second-order valence-electron chi connectivity index (χ2n) is 5.79. The Bertz CT molecular complexity index is 766. The van der Waals surface area contributed by atoms with Gasteiger partial charge in [-0.05, 0) is 30.7 Å². The average molecular weight is 412 g/mol. The number of rotatable bonds is 1. The molecule has 120 valence electrons. The van der Waals surface area contributed by atoms with E-state index in [1.165, 1.54) is 0 Å². The lowest BCUT2D eigenvalue weighted by Crippen LogP contribution is -2.48. The Morgan fingerprint density at radius 2 is 2.00 bits per heavy atom. The van der Waals surface area contributed by atoms with Crippen molar-refractivity contribution in [2.24, 2.45) is 4.99 Å². The van der Waals surface area contributed by atoms with Crippen molar-refractivity contribution in [1.82, 2.24) is 4.90 Å². The van der Waals surface area contributed by atoms with Crippen LogP contribution in [-0.2, 0) is 0 Å². The van der Waals surface area contributed by atoms with Crippen LogP contribution in [0.1, 0.15) is 24.1 Å². The second kappa shape index (κ2) is 6.13. The van der Waals surface area contributed by atoms with E-state index in [0.717, 1.165) is 22.0 Å². The first kappa shape index (κ1) is 16.8. The molecule has 0 radical (unpaired) electrons. The Kier molecular flexibility index (Phi) is 4.49. The van der Waals surface area contributed by atoms with E-state index in [0.29, 0.717) is 10.8 Å². The van der Waals surface area contributed by atoms with Crippen LogP contribution in [0, 0.1) is 0 Å². The summed E-state index contributed by atoms with van der Waals surface area (Å²) in [6, 6.07) is 15.9. The molecule has 2 unspecified atom stereocenters. The van der Waals surface area contributed by atoms with Crippen LogP contribution in [0.25, 0.3) is 0 Å². The van der Waals surface area contributed by atoms with E-state index in [-0.39, 0.29) is 23.0 Å². The van der Waals surface area contributed by atoms with Gasteiger partial charge >= 0.3 is 0 Å². The van der Waals surface area contributed by atoms with E-state index in [9.17, 15) is 5.11 Å². The molecule has 0 amide bonds. The standard InChI is InChI=1S/C17H15ClN2OS.BrH/c1-17(21)10-22-16-19-14-8-7-12(18)9-13(14)15(20(16)17)11-5-3-2-4-6-11;/h2-9,15,21H,10H2,1H3;1H. The largest absolute Gasteiger partial charge is 0.370 e. The number of aliphatic hydroxyl groups is 1. The van der Waals surface area contributed by atoms with Crippen molar-refractivity contribution in [2.75, 3.05) is 5.75 Å². The van der Waals surface area contributed by atoms with Crippen LogP contribution >= 0.6 is 40.3 Å². The molecule has 0 saturated carbocycles. The van der Waals surface area contributed by atoms with Gasteiger partial charge in [0.2, 0.25) is 0 Å². The Morgan fingerprint density at radius 3 is 2.74 bits per heavy atom. The fourth-order valence-corrected chi connectivity index (χ4v) is 4.40. The minimum Gasteiger partial charge on any atom is -0.370 e. The maximum atomic E-state index is 10.8. The highest BCUT2D eigenvalue weighted by atomic mass is 79.9. The van der Waals surface area contributed by atoms with Crippen molar-refractivity contribution in [3.05, 3.63) is 64.7 Å². The van der Waals surface area contributed by atoms with Gasteiger partial charge in [0.1, 0.15) is 5.72 Å². The molecule has 2 aliphatic rings. The van der Waals surface area contributed by atoms with E-state index in [1.54, 1.807) is 11.8 Å². The zero-order valence-electron chi connectivity index (χ0n) is 12.4. The summed E-state index contributed by atoms with van der Waals surface area (Å²) < 4.78 is 0. The highest BCUT2D eigenvalue weighted by molar-refractivity contribution is 8.93. The normalized spacial score (nSPS) is 25.3. The molecule has 0 aromatic heterocycles. The zero-order chi connectivity index (χ0) is 15.3. The summed E-state index contributed by atoms with van der Waals surface area (Å²) in [6.45, 7) is 1.84. The maximum absolute atomic E-state index is 10.8. The van der Waals surface area contributed by atoms with Gasteiger partial charge in [0, 0.05) is 16.3 Å². The minimum atomic E-state index is -0.927. The first-order chi connectivity index (χ1) is 10.6. The predicted octanol–water partition coefficient (Wildman–Crippen LogP) is 4.77. The maximum Gasteiger partial charge on any atom is 0.167 e. The third-order valence-electron chi connectivity index (χ3n) is 4.07. The van der Waals surface area contributed by atoms with Crippen molar-refractivity contribution >= 4 is 51.2 Å². The number of thioether (sulfide) groups is 1. The lowest BCUT2D eigenvalue weighted by Gasteiger charge is -2.41. The molecule has 0 spiro atoms. The number of nitrogens with zero attached hydrogens (tertiary/aromatic N) is 2. The van der Waals surface area contributed by atoms with Crippen molar-refractivity contribution < 1.29 is 5.11 Å². The van der Waals surface area contributed by atoms with Crippen molar-refractivity contribution in [3.8, 4) is 0 Å². The number of fused-ring (bicyclic) bond motifs is 2. The molecular weight excluding hydrogens is 396 g/mol. The van der Waals surface area contributed by atoms with Crippen LogP contribution in [-0.4, -0.2) is 26.7 Å². The van der Waals surface area contributed by atoms with E-state index in [1.807, 2.05) is 48.2 Å². The monoisotopic (exact) mass is 410 g/mol. The van der Waals surface area contributed by atoms with Gasteiger partial charge in [-0.15, -0.1) is 17.0 Å².